The summed E-state index contributed by atoms with van der Waals surface area (Å²) in [4.78, 5) is 13.1. The average molecular weight is 561 g/mol. The zero-order valence-corrected chi connectivity index (χ0v) is 23.6. The van der Waals surface area contributed by atoms with Crippen LogP contribution in [-0.2, 0) is 0 Å². The van der Waals surface area contributed by atoms with Gasteiger partial charge in [0.2, 0.25) is 5.95 Å². The molecule has 1 aliphatic rings. The number of aromatic nitrogens is 3. The minimum absolute atomic E-state index is 0.653. The molecule has 44 heavy (non-hydrogen) atoms. The van der Waals surface area contributed by atoms with Gasteiger partial charge in [-0.1, -0.05) is 115 Å². The molecular formula is C40H24N4. The Morgan fingerprint density at radius 1 is 0.432 bits per heavy atom. The van der Waals surface area contributed by atoms with Crippen LogP contribution in [0.3, 0.4) is 0 Å². The Balaban J connectivity index is 1.37. The van der Waals surface area contributed by atoms with Gasteiger partial charge in [0.15, 0.2) is 5.82 Å². The van der Waals surface area contributed by atoms with Crippen molar-refractivity contribution >= 4 is 71.6 Å². The topological polar surface area (TPSA) is 34.0 Å². The smallest absolute Gasteiger partial charge is 0.237 e. The summed E-state index contributed by atoms with van der Waals surface area (Å²) in [6.07, 6.45) is 0. The molecule has 0 spiro atoms. The Bertz CT molecular complexity index is 2570. The van der Waals surface area contributed by atoms with E-state index in [4.69, 9.17) is 9.97 Å². The monoisotopic (exact) mass is 560 g/mol. The fourth-order valence-corrected chi connectivity index (χ4v) is 7.24. The van der Waals surface area contributed by atoms with Crippen molar-refractivity contribution in [2.45, 2.75) is 0 Å². The first-order valence-electron chi connectivity index (χ1n) is 14.9. The Hall–Kier alpha value is -6.00. The van der Waals surface area contributed by atoms with Crippen LogP contribution in [0.5, 0.6) is 0 Å². The summed E-state index contributed by atoms with van der Waals surface area (Å²) >= 11 is 0. The summed E-state index contributed by atoms with van der Waals surface area (Å²) in [5, 5.41) is 8.20. The van der Waals surface area contributed by atoms with Crippen molar-refractivity contribution in [2.24, 2.45) is 0 Å². The first-order valence-corrected chi connectivity index (χ1v) is 14.9. The Kier molecular flexibility index (Phi) is 4.69. The summed E-state index contributed by atoms with van der Waals surface area (Å²) in [6.45, 7) is 0. The van der Waals surface area contributed by atoms with E-state index in [-0.39, 0.29) is 0 Å². The fourth-order valence-electron chi connectivity index (χ4n) is 7.24. The molecule has 0 saturated carbocycles. The molecule has 0 amide bonds. The zero-order valence-electron chi connectivity index (χ0n) is 23.6. The maximum Gasteiger partial charge on any atom is 0.237 e. The largest absolute Gasteiger partial charge is 0.293 e. The van der Waals surface area contributed by atoms with Crippen LogP contribution in [-0.4, -0.2) is 14.5 Å². The van der Waals surface area contributed by atoms with E-state index in [0.29, 0.717) is 5.95 Å². The van der Waals surface area contributed by atoms with Crippen LogP contribution in [0.2, 0.25) is 0 Å². The molecule has 4 heteroatoms. The van der Waals surface area contributed by atoms with Crippen LogP contribution in [0, 0.1) is 0 Å². The van der Waals surface area contributed by atoms with Crippen LogP contribution in [0.4, 0.5) is 17.3 Å². The summed E-state index contributed by atoms with van der Waals surface area (Å²) in [6, 6.07) is 51.8. The van der Waals surface area contributed by atoms with Crippen molar-refractivity contribution in [1.82, 2.24) is 14.5 Å². The second kappa shape index (κ2) is 8.76. The molecule has 0 saturated heterocycles. The molecule has 10 rings (SSSR count). The molecular weight excluding hydrogens is 536 g/mol. The van der Waals surface area contributed by atoms with E-state index >= 15 is 0 Å². The van der Waals surface area contributed by atoms with Crippen LogP contribution < -0.4 is 4.90 Å². The van der Waals surface area contributed by atoms with Crippen molar-refractivity contribution in [3.05, 3.63) is 146 Å². The highest BCUT2D eigenvalue weighted by Gasteiger charge is 2.30. The van der Waals surface area contributed by atoms with E-state index in [1.807, 2.05) is 0 Å². The predicted molar refractivity (Wildman–Crippen MR) is 183 cm³/mol. The first kappa shape index (κ1) is 23.6. The first-order chi connectivity index (χ1) is 21.8. The van der Waals surface area contributed by atoms with Gasteiger partial charge in [0.05, 0.1) is 27.9 Å². The maximum atomic E-state index is 5.51. The van der Waals surface area contributed by atoms with Gasteiger partial charge in [0.25, 0.3) is 0 Å². The molecule has 1 aliphatic heterocycles. The number of rotatable bonds is 2. The van der Waals surface area contributed by atoms with Crippen LogP contribution in [0.1, 0.15) is 0 Å². The Labute approximate surface area is 253 Å². The van der Waals surface area contributed by atoms with Gasteiger partial charge >= 0.3 is 0 Å². The Morgan fingerprint density at radius 2 is 1.07 bits per heavy atom. The predicted octanol–water partition coefficient (Wildman–Crippen LogP) is 10.5. The third kappa shape index (κ3) is 3.11. The molecule has 0 unspecified atom stereocenters. The molecule has 0 radical (unpaired) electrons. The third-order valence-corrected chi connectivity index (χ3v) is 9.10. The van der Waals surface area contributed by atoms with Crippen molar-refractivity contribution in [3.8, 4) is 16.9 Å². The molecule has 0 atom stereocenters. The second-order valence-electron chi connectivity index (χ2n) is 11.4. The molecule has 9 aromatic rings. The minimum Gasteiger partial charge on any atom is -0.293 e. The van der Waals surface area contributed by atoms with Crippen LogP contribution >= 0.6 is 0 Å². The number of hydrogen-bond donors (Lipinski definition) is 0. The van der Waals surface area contributed by atoms with Crippen molar-refractivity contribution in [1.29, 1.82) is 0 Å². The quantitative estimate of drug-likeness (QED) is 0.211. The highest BCUT2D eigenvalue weighted by Crippen LogP contribution is 2.52. The van der Waals surface area contributed by atoms with E-state index in [2.05, 4.69) is 155 Å². The number of fused-ring (bicyclic) bond motifs is 8. The van der Waals surface area contributed by atoms with Gasteiger partial charge in [0.1, 0.15) is 0 Å². The molecule has 4 nitrogen and oxygen atoms in total. The normalized spacial score (nSPS) is 12.5. The lowest BCUT2D eigenvalue weighted by atomic mass is 9.89. The maximum absolute atomic E-state index is 5.51. The second-order valence-corrected chi connectivity index (χ2v) is 11.4. The molecule has 3 heterocycles. The molecule has 0 N–H and O–H groups in total. The molecule has 204 valence electrons. The SMILES string of the molecule is c1ccc2c3c(ccc2c1)-c1cccc2cccc(c12)N3c1nc(-n2c3ccccc3c3ccccc32)c2ccccc2n1. The van der Waals surface area contributed by atoms with Gasteiger partial charge in [-0.25, -0.2) is 4.98 Å². The van der Waals surface area contributed by atoms with Crippen molar-refractivity contribution < 1.29 is 0 Å². The zero-order chi connectivity index (χ0) is 28.8. The summed E-state index contributed by atoms with van der Waals surface area (Å²) < 4.78 is 2.31. The van der Waals surface area contributed by atoms with Crippen molar-refractivity contribution in [2.75, 3.05) is 4.90 Å². The summed E-state index contributed by atoms with van der Waals surface area (Å²) in [5.74, 6) is 1.52. The van der Waals surface area contributed by atoms with Gasteiger partial charge in [0, 0.05) is 32.5 Å². The van der Waals surface area contributed by atoms with Crippen LogP contribution in [0.15, 0.2) is 146 Å². The minimum atomic E-state index is 0.653. The fraction of sp³-hybridized carbons (Fsp3) is 0. The third-order valence-electron chi connectivity index (χ3n) is 9.10. The van der Waals surface area contributed by atoms with E-state index in [0.717, 1.165) is 39.1 Å². The van der Waals surface area contributed by atoms with E-state index in [1.165, 1.54) is 43.4 Å². The molecule has 0 fully saturated rings. The highest BCUT2D eigenvalue weighted by molar-refractivity contribution is 6.18. The van der Waals surface area contributed by atoms with Gasteiger partial charge in [-0.05, 0) is 46.7 Å². The summed E-state index contributed by atoms with van der Waals surface area (Å²) in [7, 11) is 0. The summed E-state index contributed by atoms with van der Waals surface area (Å²) in [5.41, 5.74) is 7.77. The van der Waals surface area contributed by atoms with Gasteiger partial charge in [-0.15, -0.1) is 0 Å². The van der Waals surface area contributed by atoms with Gasteiger partial charge in [-0.2, -0.15) is 4.98 Å². The van der Waals surface area contributed by atoms with Gasteiger partial charge < -0.3 is 0 Å². The van der Waals surface area contributed by atoms with E-state index < -0.39 is 0 Å². The molecule has 2 aromatic heterocycles. The number of nitrogens with zero attached hydrogens (tertiary/aromatic N) is 4. The lowest BCUT2D eigenvalue weighted by Gasteiger charge is -2.33. The van der Waals surface area contributed by atoms with Crippen molar-refractivity contribution in [3.63, 3.8) is 0 Å². The number of benzene rings is 7. The molecule has 0 bridgehead atoms. The standard InChI is InChI=1S/C40H24N4/c1-2-14-27-25(11-1)23-24-31-30-18-9-12-26-13-10-22-36(37(26)30)44(38(27)31)40-41-33-19-6-3-17-32(33)39(42-40)43-34-20-7-4-15-28(34)29-16-5-8-21-35(29)43/h1-24H. The molecule has 7 aromatic carbocycles. The Morgan fingerprint density at radius 3 is 1.86 bits per heavy atom. The lowest BCUT2D eigenvalue weighted by Crippen LogP contribution is -2.19. The average Bonchev–Trinajstić information content (AvgIpc) is 3.42. The van der Waals surface area contributed by atoms with Crippen LogP contribution in [0.25, 0.3) is 71.2 Å². The van der Waals surface area contributed by atoms with E-state index in [9.17, 15) is 0 Å². The highest BCUT2D eigenvalue weighted by atomic mass is 15.3. The number of hydrogen-bond acceptors (Lipinski definition) is 3. The van der Waals surface area contributed by atoms with Gasteiger partial charge in [-0.3, -0.25) is 9.47 Å². The number of para-hydroxylation sites is 3. The molecule has 0 aliphatic carbocycles. The lowest BCUT2D eigenvalue weighted by molar-refractivity contribution is 1.04. The number of anilines is 3. The van der Waals surface area contributed by atoms with E-state index in [1.54, 1.807) is 0 Å².